The molecule has 1 amide bonds. The van der Waals surface area contributed by atoms with E-state index in [1.54, 1.807) is 6.07 Å². The molecule has 0 spiro atoms. The zero-order chi connectivity index (χ0) is 14.7. The van der Waals surface area contributed by atoms with Crippen LogP contribution in [0.2, 0.25) is 0 Å². The number of hydrogen-bond acceptors (Lipinski definition) is 5. The minimum absolute atomic E-state index is 0.00267. The molecule has 0 saturated heterocycles. The molecule has 0 radical (unpaired) electrons. The van der Waals surface area contributed by atoms with Crippen LogP contribution in [0, 0.1) is 13.8 Å². The zero-order valence-corrected chi connectivity index (χ0v) is 11.5. The van der Waals surface area contributed by atoms with E-state index in [9.17, 15) is 4.79 Å². The molecule has 2 aromatic rings. The van der Waals surface area contributed by atoms with Crippen LogP contribution in [0.3, 0.4) is 0 Å². The summed E-state index contributed by atoms with van der Waals surface area (Å²) in [6.07, 6.45) is 0. The predicted octanol–water partition coefficient (Wildman–Crippen LogP) is 1.24. The van der Waals surface area contributed by atoms with Gasteiger partial charge in [0.15, 0.2) is 0 Å². The van der Waals surface area contributed by atoms with E-state index < -0.39 is 5.91 Å². The van der Waals surface area contributed by atoms with Crippen LogP contribution < -0.4 is 16.8 Å². The average molecular weight is 271 g/mol. The Morgan fingerprint density at radius 3 is 2.75 bits per heavy atom. The second-order valence-electron chi connectivity index (χ2n) is 4.56. The number of primary amides is 1. The first kappa shape index (κ1) is 13.8. The van der Waals surface area contributed by atoms with Gasteiger partial charge in [-0.3, -0.25) is 4.79 Å². The molecule has 5 N–H and O–H groups in total. The lowest BCUT2D eigenvalue weighted by Gasteiger charge is -2.10. The van der Waals surface area contributed by atoms with Crippen molar-refractivity contribution in [3.05, 3.63) is 35.4 Å². The highest BCUT2D eigenvalue weighted by atomic mass is 16.1. The van der Waals surface area contributed by atoms with Gasteiger partial charge in [-0.25, -0.2) is 4.98 Å². The van der Waals surface area contributed by atoms with E-state index >= 15 is 0 Å². The van der Waals surface area contributed by atoms with Crippen LogP contribution in [0.5, 0.6) is 0 Å². The molecule has 0 atom stereocenters. The van der Waals surface area contributed by atoms with Gasteiger partial charge in [0, 0.05) is 11.6 Å². The topological polar surface area (TPSA) is 107 Å². The van der Waals surface area contributed by atoms with Crippen LogP contribution in [0.4, 0.5) is 11.8 Å². The third kappa shape index (κ3) is 3.03. The molecular weight excluding hydrogens is 254 g/mol. The lowest BCUT2D eigenvalue weighted by molar-refractivity contribution is -0.116. The monoisotopic (exact) mass is 271 g/mol. The summed E-state index contributed by atoms with van der Waals surface area (Å²) in [5, 5.41) is 2.82. The van der Waals surface area contributed by atoms with Crippen LogP contribution in [-0.4, -0.2) is 22.4 Å². The molecule has 6 nitrogen and oxygen atoms in total. The Morgan fingerprint density at radius 1 is 1.30 bits per heavy atom. The largest absolute Gasteiger partial charge is 0.368 e. The van der Waals surface area contributed by atoms with Gasteiger partial charge in [-0.05, 0) is 25.0 Å². The van der Waals surface area contributed by atoms with Gasteiger partial charge < -0.3 is 16.8 Å². The highest BCUT2D eigenvalue weighted by Gasteiger charge is 2.09. The average Bonchev–Trinajstić information content (AvgIpc) is 2.39. The van der Waals surface area contributed by atoms with Crippen molar-refractivity contribution >= 4 is 17.7 Å². The van der Waals surface area contributed by atoms with Gasteiger partial charge in [0.1, 0.15) is 5.82 Å². The number of anilines is 2. The molecule has 104 valence electrons. The number of aryl methyl sites for hydroxylation is 1. The highest BCUT2D eigenvalue weighted by Crippen LogP contribution is 2.25. The minimum atomic E-state index is -0.463. The van der Waals surface area contributed by atoms with Gasteiger partial charge in [-0.1, -0.05) is 18.2 Å². The Bertz CT molecular complexity index is 654. The summed E-state index contributed by atoms with van der Waals surface area (Å²) < 4.78 is 0. The number of aromatic nitrogens is 2. The molecule has 0 aliphatic rings. The maximum Gasteiger partial charge on any atom is 0.236 e. The minimum Gasteiger partial charge on any atom is -0.368 e. The van der Waals surface area contributed by atoms with Gasteiger partial charge >= 0.3 is 0 Å². The highest BCUT2D eigenvalue weighted by molar-refractivity contribution is 5.79. The molecule has 0 unspecified atom stereocenters. The summed E-state index contributed by atoms with van der Waals surface area (Å²) in [6, 6.07) is 7.73. The first-order valence-electron chi connectivity index (χ1n) is 6.20. The summed E-state index contributed by atoms with van der Waals surface area (Å²) in [5.74, 6) is 0.165. The first-order chi connectivity index (χ1) is 9.47. The van der Waals surface area contributed by atoms with Gasteiger partial charge in [-0.2, -0.15) is 4.98 Å². The molecule has 20 heavy (non-hydrogen) atoms. The first-order valence-corrected chi connectivity index (χ1v) is 6.20. The van der Waals surface area contributed by atoms with Gasteiger partial charge in [0.05, 0.1) is 12.2 Å². The Balaban J connectivity index is 2.41. The molecule has 0 aliphatic heterocycles. The number of rotatable bonds is 4. The number of carbonyl (C=O) groups is 1. The number of nitrogen functional groups attached to an aromatic ring is 1. The van der Waals surface area contributed by atoms with Gasteiger partial charge in [0.2, 0.25) is 11.9 Å². The van der Waals surface area contributed by atoms with Crippen molar-refractivity contribution in [2.45, 2.75) is 13.8 Å². The normalized spacial score (nSPS) is 10.3. The summed E-state index contributed by atoms with van der Waals surface area (Å²) in [7, 11) is 0. The smallest absolute Gasteiger partial charge is 0.236 e. The SMILES string of the molecule is Cc1cccc(-c2cc(NCC(N)=O)nc(N)n2)c1C. The van der Waals surface area contributed by atoms with Crippen molar-refractivity contribution in [3.8, 4) is 11.3 Å². The van der Waals surface area contributed by atoms with E-state index in [0.29, 0.717) is 11.5 Å². The fourth-order valence-corrected chi connectivity index (χ4v) is 1.90. The van der Waals surface area contributed by atoms with Crippen molar-refractivity contribution < 1.29 is 4.79 Å². The van der Waals surface area contributed by atoms with E-state index in [1.807, 2.05) is 32.0 Å². The van der Waals surface area contributed by atoms with E-state index in [0.717, 1.165) is 11.1 Å². The molecule has 0 fully saturated rings. The second kappa shape index (κ2) is 5.56. The number of amides is 1. The maximum atomic E-state index is 10.8. The number of hydrogen-bond donors (Lipinski definition) is 3. The third-order valence-corrected chi connectivity index (χ3v) is 3.07. The van der Waals surface area contributed by atoms with Crippen LogP contribution in [0.15, 0.2) is 24.3 Å². The molecule has 0 saturated carbocycles. The summed E-state index contributed by atoms with van der Waals surface area (Å²) >= 11 is 0. The molecule has 0 bridgehead atoms. The van der Waals surface area contributed by atoms with E-state index in [4.69, 9.17) is 11.5 Å². The number of nitrogens with zero attached hydrogens (tertiary/aromatic N) is 2. The van der Waals surface area contributed by atoms with Crippen LogP contribution in [0.1, 0.15) is 11.1 Å². The predicted molar refractivity (Wildman–Crippen MR) is 79.0 cm³/mol. The fraction of sp³-hybridized carbons (Fsp3) is 0.214. The van der Waals surface area contributed by atoms with Crippen LogP contribution >= 0.6 is 0 Å². The quantitative estimate of drug-likeness (QED) is 0.775. The van der Waals surface area contributed by atoms with Crippen molar-refractivity contribution in [1.29, 1.82) is 0 Å². The Hall–Kier alpha value is -2.63. The molecule has 1 aromatic heterocycles. The van der Waals surface area contributed by atoms with Crippen molar-refractivity contribution in [2.75, 3.05) is 17.6 Å². The Labute approximate surface area is 117 Å². The van der Waals surface area contributed by atoms with E-state index in [-0.39, 0.29) is 12.5 Å². The molecule has 0 aliphatic carbocycles. The lowest BCUT2D eigenvalue weighted by atomic mass is 10.0. The molecule has 1 aromatic carbocycles. The summed E-state index contributed by atoms with van der Waals surface area (Å²) in [5.41, 5.74) is 14.8. The third-order valence-electron chi connectivity index (χ3n) is 3.07. The number of benzene rings is 1. The van der Waals surface area contributed by atoms with E-state index in [1.165, 1.54) is 5.56 Å². The molecule has 2 rings (SSSR count). The van der Waals surface area contributed by atoms with Crippen LogP contribution in [-0.2, 0) is 4.79 Å². The molecule has 6 heteroatoms. The number of carbonyl (C=O) groups excluding carboxylic acids is 1. The molecular formula is C14H17N5O. The number of nitrogens with one attached hydrogen (secondary N) is 1. The Morgan fingerprint density at radius 2 is 2.05 bits per heavy atom. The molecule has 1 heterocycles. The summed E-state index contributed by atoms with van der Waals surface area (Å²) in [4.78, 5) is 19.1. The lowest BCUT2D eigenvalue weighted by Crippen LogP contribution is -2.22. The van der Waals surface area contributed by atoms with Crippen molar-refractivity contribution in [3.63, 3.8) is 0 Å². The standard InChI is InChI=1S/C14H17N5O/c1-8-4-3-5-10(9(8)2)11-6-13(17-7-12(15)20)19-14(16)18-11/h3-6H,7H2,1-2H3,(H2,15,20)(H3,16,17,18,19). The second-order valence-corrected chi connectivity index (χ2v) is 4.56. The summed E-state index contributed by atoms with van der Waals surface area (Å²) in [6.45, 7) is 4.07. The van der Waals surface area contributed by atoms with Crippen molar-refractivity contribution in [2.24, 2.45) is 5.73 Å². The number of nitrogens with two attached hydrogens (primary N) is 2. The fourth-order valence-electron chi connectivity index (χ4n) is 1.90. The van der Waals surface area contributed by atoms with Crippen LogP contribution in [0.25, 0.3) is 11.3 Å². The van der Waals surface area contributed by atoms with Gasteiger partial charge in [0.25, 0.3) is 0 Å². The Kier molecular flexibility index (Phi) is 3.84. The zero-order valence-electron chi connectivity index (χ0n) is 11.5. The maximum absolute atomic E-state index is 10.8. The van der Waals surface area contributed by atoms with Crippen molar-refractivity contribution in [1.82, 2.24) is 9.97 Å². The van der Waals surface area contributed by atoms with Gasteiger partial charge in [-0.15, -0.1) is 0 Å². The van der Waals surface area contributed by atoms with E-state index in [2.05, 4.69) is 15.3 Å².